The molecule has 142 valence electrons. The van der Waals surface area contributed by atoms with Gasteiger partial charge >= 0.3 is 0 Å². The highest BCUT2D eigenvalue weighted by atomic mass is 32.2. The molecule has 1 aromatic heterocycles. The van der Waals surface area contributed by atoms with E-state index in [1.807, 2.05) is 6.92 Å². The van der Waals surface area contributed by atoms with Crippen LogP contribution < -0.4 is 10.6 Å². The summed E-state index contributed by atoms with van der Waals surface area (Å²) in [5.41, 5.74) is 1.40. The van der Waals surface area contributed by atoms with Gasteiger partial charge in [-0.2, -0.15) is 4.98 Å². The molecule has 0 spiro atoms. The molecule has 1 aromatic carbocycles. The van der Waals surface area contributed by atoms with E-state index in [0.717, 1.165) is 12.0 Å². The maximum absolute atomic E-state index is 12.3. The van der Waals surface area contributed by atoms with E-state index < -0.39 is 10.0 Å². The lowest BCUT2D eigenvalue weighted by molar-refractivity contribution is 0.521. The molecule has 2 rings (SSSR count). The molecule has 0 fully saturated rings. The summed E-state index contributed by atoms with van der Waals surface area (Å²) in [6.45, 7) is 8.16. The number of rotatable bonds is 7. The number of nitrogens with zero attached hydrogens (tertiary/aromatic N) is 3. The van der Waals surface area contributed by atoms with E-state index in [2.05, 4.69) is 41.4 Å². The van der Waals surface area contributed by atoms with Crippen LogP contribution in [0, 0.1) is 6.92 Å². The van der Waals surface area contributed by atoms with Gasteiger partial charge in [0.15, 0.2) is 0 Å². The normalized spacial score (nSPS) is 12.3. The van der Waals surface area contributed by atoms with Gasteiger partial charge in [-0.25, -0.2) is 17.7 Å². The van der Waals surface area contributed by atoms with E-state index in [1.54, 1.807) is 30.5 Å². The summed E-state index contributed by atoms with van der Waals surface area (Å²) in [6, 6.07) is 6.68. The summed E-state index contributed by atoms with van der Waals surface area (Å²) in [5.74, 6) is 1.16. The molecular weight excluding hydrogens is 350 g/mol. The van der Waals surface area contributed by atoms with Crippen LogP contribution in [0.5, 0.6) is 0 Å². The van der Waals surface area contributed by atoms with Gasteiger partial charge < -0.3 is 10.6 Å². The average molecular weight is 378 g/mol. The Balaban J connectivity index is 2.31. The zero-order valence-corrected chi connectivity index (χ0v) is 17.0. The fraction of sp³-hybridized carbons (Fsp3) is 0.444. The molecule has 0 aliphatic rings. The number of nitrogens with one attached hydrogen (secondary N) is 2. The van der Waals surface area contributed by atoms with Crippen molar-refractivity contribution in [3.05, 3.63) is 36.0 Å². The van der Waals surface area contributed by atoms with Crippen molar-refractivity contribution in [2.75, 3.05) is 24.7 Å². The lowest BCUT2D eigenvalue weighted by Crippen LogP contribution is -2.30. The van der Waals surface area contributed by atoms with E-state index in [4.69, 9.17) is 0 Å². The van der Waals surface area contributed by atoms with Crippen LogP contribution >= 0.6 is 0 Å². The standard InChI is InChI=1S/C18H27N5O2S/c1-7-18(3,4)22-17-19-12-13(2)16(21-17)20-14-9-8-10-15(11-14)26(24,25)23(5)6/h8-12H,7H2,1-6H3,(H2,19,20,21,22). The Morgan fingerprint density at radius 1 is 1.23 bits per heavy atom. The lowest BCUT2D eigenvalue weighted by atomic mass is 10.0. The van der Waals surface area contributed by atoms with Crippen molar-refractivity contribution >= 4 is 27.5 Å². The fourth-order valence-electron chi connectivity index (χ4n) is 2.10. The van der Waals surface area contributed by atoms with Crippen LogP contribution in [0.2, 0.25) is 0 Å². The van der Waals surface area contributed by atoms with Crippen molar-refractivity contribution in [3.8, 4) is 0 Å². The van der Waals surface area contributed by atoms with Crippen LogP contribution in [0.3, 0.4) is 0 Å². The Kier molecular flexibility index (Phi) is 5.87. The van der Waals surface area contributed by atoms with Gasteiger partial charge in [-0.3, -0.25) is 0 Å². The molecule has 0 saturated carbocycles. The fourth-order valence-corrected chi connectivity index (χ4v) is 3.05. The Labute approximate surface area is 155 Å². The second kappa shape index (κ2) is 7.59. The minimum atomic E-state index is -3.49. The third-order valence-corrected chi connectivity index (χ3v) is 5.99. The highest BCUT2D eigenvalue weighted by Gasteiger charge is 2.18. The van der Waals surface area contributed by atoms with Gasteiger partial charge in [0.1, 0.15) is 5.82 Å². The molecular formula is C18H27N5O2S. The molecule has 0 aliphatic heterocycles. The molecule has 0 atom stereocenters. The molecule has 0 unspecified atom stereocenters. The number of aromatic nitrogens is 2. The Morgan fingerprint density at radius 3 is 2.54 bits per heavy atom. The predicted octanol–water partition coefficient (Wildman–Crippen LogP) is 3.38. The quantitative estimate of drug-likeness (QED) is 0.769. The molecule has 2 aromatic rings. The SMILES string of the molecule is CCC(C)(C)Nc1ncc(C)c(Nc2cccc(S(=O)(=O)N(C)C)c2)n1. The molecule has 26 heavy (non-hydrogen) atoms. The molecule has 0 radical (unpaired) electrons. The molecule has 0 bridgehead atoms. The third-order valence-electron chi connectivity index (χ3n) is 4.18. The first kappa shape index (κ1) is 20.1. The second-order valence-electron chi connectivity index (χ2n) is 7.03. The van der Waals surface area contributed by atoms with Gasteiger partial charge in [0.2, 0.25) is 16.0 Å². The number of hydrogen-bond donors (Lipinski definition) is 2. The summed E-state index contributed by atoms with van der Waals surface area (Å²) in [6.07, 6.45) is 2.67. The zero-order chi connectivity index (χ0) is 19.5. The smallest absolute Gasteiger partial charge is 0.242 e. The minimum Gasteiger partial charge on any atom is -0.349 e. The highest BCUT2D eigenvalue weighted by molar-refractivity contribution is 7.89. The van der Waals surface area contributed by atoms with Crippen LogP contribution in [0.1, 0.15) is 32.8 Å². The second-order valence-corrected chi connectivity index (χ2v) is 9.18. The number of benzene rings is 1. The topological polar surface area (TPSA) is 87.2 Å². The maximum atomic E-state index is 12.3. The molecule has 0 amide bonds. The first-order valence-electron chi connectivity index (χ1n) is 8.46. The van der Waals surface area contributed by atoms with Gasteiger partial charge in [-0.15, -0.1) is 0 Å². The number of anilines is 3. The summed E-state index contributed by atoms with van der Waals surface area (Å²) >= 11 is 0. The van der Waals surface area contributed by atoms with Crippen molar-refractivity contribution in [2.45, 2.75) is 44.6 Å². The molecule has 7 nitrogen and oxygen atoms in total. The van der Waals surface area contributed by atoms with E-state index in [-0.39, 0.29) is 10.4 Å². The van der Waals surface area contributed by atoms with Crippen LogP contribution in [0.25, 0.3) is 0 Å². The van der Waals surface area contributed by atoms with Crippen molar-refractivity contribution in [3.63, 3.8) is 0 Å². The number of aryl methyl sites for hydroxylation is 1. The van der Waals surface area contributed by atoms with Gasteiger partial charge in [0.25, 0.3) is 0 Å². The van der Waals surface area contributed by atoms with Crippen molar-refractivity contribution < 1.29 is 8.42 Å². The average Bonchev–Trinajstić information content (AvgIpc) is 2.58. The molecule has 0 saturated heterocycles. The summed E-state index contributed by atoms with van der Waals surface area (Å²) in [5, 5.41) is 6.50. The highest BCUT2D eigenvalue weighted by Crippen LogP contribution is 2.24. The van der Waals surface area contributed by atoms with E-state index >= 15 is 0 Å². The van der Waals surface area contributed by atoms with Gasteiger partial charge in [0.05, 0.1) is 4.90 Å². The van der Waals surface area contributed by atoms with Crippen LogP contribution in [-0.2, 0) is 10.0 Å². The minimum absolute atomic E-state index is 0.119. The van der Waals surface area contributed by atoms with Crippen LogP contribution in [0.15, 0.2) is 35.4 Å². The summed E-state index contributed by atoms with van der Waals surface area (Å²) in [7, 11) is -0.466. The first-order chi connectivity index (χ1) is 12.0. The zero-order valence-electron chi connectivity index (χ0n) is 16.2. The summed E-state index contributed by atoms with van der Waals surface area (Å²) < 4.78 is 25.8. The van der Waals surface area contributed by atoms with E-state index in [9.17, 15) is 8.42 Å². The maximum Gasteiger partial charge on any atom is 0.242 e. The molecule has 2 N–H and O–H groups in total. The third kappa shape index (κ3) is 4.70. The molecule has 0 aliphatic carbocycles. The first-order valence-corrected chi connectivity index (χ1v) is 9.90. The Hall–Kier alpha value is -2.19. The van der Waals surface area contributed by atoms with Gasteiger partial charge in [0, 0.05) is 37.1 Å². The van der Waals surface area contributed by atoms with Gasteiger partial charge in [-0.05, 0) is 45.4 Å². The van der Waals surface area contributed by atoms with E-state index in [0.29, 0.717) is 17.5 Å². The monoisotopic (exact) mass is 377 g/mol. The van der Waals surface area contributed by atoms with Crippen molar-refractivity contribution in [1.29, 1.82) is 0 Å². The van der Waals surface area contributed by atoms with Gasteiger partial charge in [-0.1, -0.05) is 13.0 Å². The largest absolute Gasteiger partial charge is 0.349 e. The lowest BCUT2D eigenvalue weighted by Gasteiger charge is -2.24. The van der Waals surface area contributed by atoms with Crippen LogP contribution in [0.4, 0.5) is 17.5 Å². The van der Waals surface area contributed by atoms with E-state index in [1.165, 1.54) is 18.4 Å². The molecule has 8 heteroatoms. The number of sulfonamides is 1. The van der Waals surface area contributed by atoms with Crippen molar-refractivity contribution in [2.24, 2.45) is 0 Å². The van der Waals surface area contributed by atoms with Crippen LogP contribution in [-0.4, -0.2) is 42.3 Å². The predicted molar refractivity (Wildman–Crippen MR) is 105 cm³/mol. The Morgan fingerprint density at radius 2 is 1.92 bits per heavy atom. The summed E-state index contributed by atoms with van der Waals surface area (Å²) in [4.78, 5) is 9.09. The van der Waals surface area contributed by atoms with Crippen molar-refractivity contribution in [1.82, 2.24) is 14.3 Å². The Bertz CT molecular complexity index is 879. The molecule has 1 heterocycles. The number of hydrogen-bond acceptors (Lipinski definition) is 6.